The van der Waals surface area contributed by atoms with Crippen molar-refractivity contribution >= 4 is 5.69 Å². The SMILES string of the molecule is CCc1nc(COc2ccc(N3CCNCC3)cc2)no1. The van der Waals surface area contributed by atoms with Crippen LogP contribution in [0, 0.1) is 0 Å². The van der Waals surface area contributed by atoms with Crippen LogP contribution in [-0.2, 0) is 13.0 Å². The van der Waals surface area contributed by atoms with Crippen molar-refractivity contribution in [1.82, 2.24) is 15.5 Å². The molecular formula is C15H20N4O2. The lowest BCUT2D eigenvalue weighted by Gasteiger charge is -2.29. The first-order chi connectivity index (χ1) is 10.3. The second-order valence-corrected chi connectivity index (χ2v) is 4.98. The number of anilines is 1. The summed E-state index contributed by atoms with van der Waals surface area (Å²) in [5.41, 5.74) is 1.23. The smallest absolute Gasteiger partial charge is 0.226 e. The number of hydrogen-bond donors (Lipinski definition) is 1. The summed E-state index contributed by atoms with van der Waals surface area (Å²) in [6, 6.07) is 8.15. The molecule has 0 radical (unpaired) electrons. The summed E-state index contributed by atoms with van der Waals surface area (Å²) < 4.78 is 10.7. The third-order valence-corrected chi connectivity index (χ3v) is 3.50. The second kappa shape index (κ2) is 6.58. The standard InChI is InChI=1S/C15H20N4O2/c1-2-15-17-14(18-21-15)11-20-13-5-3-12(4-6-13)19-9-7-16-8-10-19/h3-6,16H,2,7-11H2,1H3. The lowest BCUT2D eigenvalue weighted by Crippen LogP contribution is -2.43. The zero-order chi connectivity index (χ0) is 14.5. The quantitative estimate of drug-likeness (QED) is 0.902. The van der Waals surface area contributed by atoms with Gasteiger partial charge in [-0.05, 0) is 24.3 Å². The topological polar surface area (TPSA) is 63.4 Å². The predicted molar refractivity (Wildman–Crippen MR) is 79.5 cm³/mol. The van der Waals surface area contributed by atoms with Crippen LogP contribution in [0.3, 0.4) is 0 Å². The highest BCUT2D eigenvalue weighted by Crippen LogP contribution is 2.20. The highest BCUT2D eigenvalue weighted by atomic mass is 16.5. The molecule has 2 aromatic rings. The van der Waals surface area contributed by atoms with Crippen molar-refractivity contribution in [1.29, 1.82) is 0 Å². The Morgan fingerprint density at radius 1 is 1.24 bits per heavy atom. The van der Waals surface area contributed by atoms with E-state index in [2.05, 4.69) is 32.5 Å². The molecule has 0 unspecified atom stereocenters. The van der Waals surface area contributed by atoms with Crippen LogP contribution in [0.15, 0.2) is 28.8 Å². The van der Waals surface area contributed by atoms with E-state index >= 15 is 0 Å². The monoisotopic (exact) mass is 288 g/mol. The van der Waals surface area contributed by atoms with Crippen molar-refractivity contribution in [3.63, 3.8) is 0 Å². The number of benzene rings is 1. The van der Waals surface area contributed by atoms with Crippen LogP contribution in [0.5, 0.6) is 5.75 Å². The zero-order valence-electron chi connectivity index (χ0n) is 12.2. The fourth-order valence-electron chi connectivity index (χ4n) is 2.32. The van der Waals surface area contributed by atoms with Crippen molar-refractivity contribution in [3.05, 3.63) is 36.0 Å². The fraction of sp³-hybridized carbons (Fsp3) is 0.467. The average molecular weight is 288 g/mol. The first-order valence-corrected chi connectivity index (χ1v) is 7.35. The van der Waals surface area contributed by atoms with Gasteiger partial charge in [-0.2, -0.15) is 4.98 Å². The molecule has 0 atom stereocenters. The van der Waals surface area contributed by atoms with E-state index in [9.17, 15) is 0 Å². The molecule has 1 aliphatic heterocycles. The second-order valence-electron chi connectivity index (χ2n) is 4.98. The summed E-state index contributed by atoms with van der Waals surface area (Å²) in [6.45, 7) is 6.47. The number of piperazine rings is 1. The van der Waals surface area contributed by atoms with E-state index in [1.54, 1.807) is 0 Å². The minimum atomic E-state index is 0.330. The van der Waals surface area contributed by atoms with E-state index in [1.807, 2.05) is 19.1 Å². The summed E-state index contributed by atoms with van der Waals surface area (Å²) in [5.74, 6) is 2.04. The largest absolute Gasteiger partial charge is 0.485 e. The Labute approximate surface area is 124 Å². The third-order valence-electron chi connectivity index (χ3n) is 3.50. The molecule has 2 heterocycles. The van der Waals surface area contributed by atoms with Gasteiger partial charge in [-0.25, -0.2) is 0 Å². The Morgan fingerprint density at radius 2 is 2.00 bits per heavy atom. The lowest BCUT2D eigenvalue weighted by molar-refractivity contribution is 0.285. The van der Waals surface area contributed by atoms with E-state index in [-0.39, 0.29) is 0 Å². The highest BCUT2D eigenvalue weighted by molar-refractivity contribution is 5.49. The Hall–Kier alpha value is -2.08. The van der Waals surface area contributed by atoms with Crippen LogP contribution < -0.4 is 15.0 Å². The molecule has 1 saturated heterocycles. The van der Waals surface area contributed by atoms with E-state index < -0.39 is 0 Å². The van der Waals surface area contributed by atoms with Gasteiger partial charge in [0.05, 0.1) is 0 Å². The molecule has 1 aliphatic rings. The molecule has 0 amide bonds. The molecule has 112 valence electrons. The number of nitrogens with zero attached hydrogens (tertiary/aromatic N) is 3. The van der Waals surface area contributed by atoms with Crippen LogP contribution in [-0.4, -0.2) is 36.3 Å². The first kappa shape index (κ1) is 13.9. The molecule has 1 aromatic heterocycles. The molecule has 6 heteroatoms. The number of rotatable bonds is 5. The normalized spacial score (nSPS) is 15.2. The van der Waals surface area contributed by atoms with E-state index in [1.165, 1.54) is 5.69 Å². The fourth-order valence-corrected chi connectivity index (χ4v) is 2.32. The molecule has 0 saturated carbocycles. The van der Waals surface area contributed by atoms with Crippen LogP contribution in [0.2, 0.25) is 0 Å². The number of aryl methyl sites for hydroxylation is 1. The maximum atomic E-state index is 5.68. The van der Waals surface area contributed by atoms with E-state index in [0.29, 0.717) is 18.3 Å². The summed E-state index contributed by atoms with van der Waals surface area (Å²) >= 11 is 0. The molecule has 1 fully saturated rings. The van der Waals surface area contributed by atoms with Gasteiger partial charge in [-0.1, -0.05) is 12.1 Å². The van der Waals surface area contributed by atoms with Gasteiger partial charge in [0.15, 0.2) is 6.61 Å². The van der Waals surface area contributed by atoms with Crippen LogP contribution in [0.25, 0.3) is 0 Å². The number of aromatic nitrogens is 2. The molecule has 0 bridgehead atoms. The van der Waals surface area contributed by atoms with Gasteiger partial charge in [0, 0.05) is 38.3 Å². The predicted octanol–water partition coefficient (Wildman–Crippen LogP) is 1.62. The number of nitrogens with one attached hydrogen (secondary N) is 1. The van der Waals surface area contributed by atoms with Gasteiger partial charge in [0.25, 0.3) is 0 Å². The van der Waals surface area contributed by atoms with Crippen molar-refractivity contribution < 1.29 is 9.26 Å². The Balaban J connectivity index is 1.56. The molecule has 21 heavy (non-hydrogen) atoms. The number of hydrogen-bond acceptors (Lipinski definition) is 6. The Kier molecular flexibility index (Phi) is 4.35. The van der Waals surface area contributed by atoms with Crippen LogP contribution in [0.1, 0.15) is 18.6 Å². The molecule has 1 aromatic carbocycles. The molecule has 3 rings (SSSR count). The third kappa shape index (κ3) is 3.52. The molecule has 0 aliphatic carbocycles. The van der Waals surface area contributed by atoms with Gasteiger partial charge in [0.1, 0.15) is 5.75 Å². The van der Waals surface area contributed by atoms with E-state index in [4.69, 9.17) is 9.26 Å². The Morgan fingerprint density at radius 3 is 2.67 bits per heavy atom. The lowest BCUT2D eigenvalue weighted by atomic mass is 10.2. The summed E-state index contributed by atoms with van der Waals surface area (Å²) in [6.07, 6.45) is 0.742. The molecule has 6 nitrogen and oxygen atoms in total. The minimum absolute atomic E-state index is 0.330. The van der Waals surface area contributed by atoms with Crippen molar-refractivity contribution in [3.8, 4) is 5.75 Å². The zero-order valence-corrected chi connectivity index (χ0v) is 12.2. The van der Waals surface area contributed by atoms with Gasteiger partial charge < -0.3 is 19.5 Å². The summed E-state index contributed by atoms with van der Waals surface area (Å²) in [4.78, 5) is 6.58. The van der Waals surface area contributed by atoms with Gasteiger partial charge in [-0.3, -0.25) is 0 Å². The molecule has 0 spiro atoms. The summed E-state index contributed by atoms with van der Waals surface area (Å²) in [5, 5.41) is 7.22. The maximum absolute atomic E-state index is 5.68. The molecule has 1 N–H and O–H groups in total. The van der Waals surface area contributed by atoms with Gasteiger partial charge in [-0.15, -0.1) is 0 Å². The number of ether oxygens (including phenoxy) is 1. The molecular weight excluding hydrogens is 268 g/mol. The van der Waals surface area contributed by atoms with Crippen molar-refractivity contribution in [2.45, 2.75) is 20.0 Å². The van der Waals surface area contributed by atoms with Crippen LogP contribution >= 0.6 is 0 Å². The van der Waals surface area contributed by atoms with Crippen molar-refractivity contribution in [2.75, 3.05) is 31.1 Å². The minimum Gasteiger partial charge on any atom is -0.485 e. The van der Waals surface area contributed by atoms with Crippen molar-refractivity contribution in [2.24, 2.45) is 0 Å². The van der Waals surface area contributed by atoms with Gasteiger partial charge in [0.2, 0.25) is 11.7 Å². The maximum Gasteiger partial charge on any atom is 0.226 e. The van der Waals surface area contributed by atoms with Gasteiger partial charge >= 0.3 is 0 Å². The average Bonchev–Trinajstić information content (AvgIpc) is 3.02. The van der Waals surface area contributed by atoms with E-state index in [0.717, 1.165) is 38.3 Å². The Bertz CT molecular complexity index is 561. The van der Waals surface area contributed by atoms with Crippen LogP contribution in [0.4, 0.5) is 5.69 Å². The summed E-state index contributed by atoms with van der Waals surface area (Å²) in [7, 11) is 0. The first-order valence-electron chi connectivity index (χ1n) is 7.35. The highest BCUT2D eigenvalue weighted by Gasteiger charge is 2.10.